The number of benzene rings is 1. The van der Waals surface area contributed by atoms with Crippen molar-refractivity contribution in [3.8, 4) is 11.5 Å². The van der Waals surface area contributed by atoms with Gasteiger partial charge in [-0.1, -0.05) is 22.0 Å². The van der Waals surface area contributed by atoms with E-state index in [1.54, 1.807) is 24.3 Å². The third-order valence-corrected chi connectivity index (χ3v) is 2.59. The maximum Gasteiger partial charge on any atom is 0.374 e. The highest BCUT2D eigenvalue weighted by atomic mass is 79.9. The molecule has 0 radical (unpaired) electrons. The van der Waals surface area contributed by atoms with Gasteiger partial charge in [-0.15, -0.1) is 0 Å². The molecular formula is C11H6BrNO5. The van der Waals surface area contributed by atoms with E-state index in [-0.39, 0.29) is 5.89 Å². The Bertz CT molecular complexity index is 603. The van der Waals surface area contributed by atoms with E-state index < -0.39 is 23.4 Å². The molecule has 0 spiro atoms. The summed E-state index contributed by atoms with van der Waals surface area (Å²) in [6, 6.07) is 6.74. The second kappa shape index (κ2) is 4.61. The van der Waals surface area contributed by atoms with Crippen LogP contribution in [0.5, 0.6) is 0 Å². The summed E-state index contributed by atoms with van der Waals surface area (Å²) in [5, 5.41) is 17.7. The van der Waals surface area contributed by atoms with E-state index in [0.29, 0.717) is 5.56 Å². The molecule has 0 fully saturated rings. The van der Waals surface area contributed by atoms with Gasteiger partial charge in [0.05, 0.1) is 0 Å². The molecule has 0 saturated carbocycles. The average molecular weight is 312 g/mol. The molecular weight excluding hydrogens is 306 g/mol. The van der Waals surface area contributed by atoms with E-state index in [2.05, 4.69) is 20.9 Å². The van der Waals surface area contributed by atoms with Crippen molar-refractivity contribution in [3.05, 3.63) is 40.2 Å². The Kier molecular flexibility index (Phi) is 3.15. The lowest BCUT2D eigenvalue weighted by Crippen LogP contribution is -2.05. The lowest BCUT2D eigenvalue weighted by molar-refractivity contribution is 0.0624. The summed E-state index contributed by atoms with van der Waals surface area (Å²) < 4.78 is 5.71. The lowest BCUT2D eigenvalue weighted by atomic mass is 10.2. The molecule has 1 aromatic carbocycles. The maximum atomic E-state index is 10.8. The minimum Gasteiger partial charge on any atom is -0.476 e. The second-order valence-corrected chi connectivity index (χ2v) is 4.23. The predicted octanol–water partition coefficient (Wildman–Crippen LogP) is 2.50. The third kappa shape index (κ3) is 2.25. The van der Waals surface area contributed by atoms with Crippen molar-refractivity contribution >= 4 is 27.9 Å². The molecule has 0 aliphatic heterocycles. The van der Waals surface area contributed by atoms with Crippen molar-refractivity contribution in [2.24, 2.45) is 0 Å². The van der Waals surface area contributed by atoms with E-state index in [1.165, 1.54) is 0 Å². The first-order chi connectivity index (χ1) is 8.49. The van der Waals surface area contributed by atoms with E-state index in [9.17, 15) is 9.59 Å². The first-order valence-electron chi connectivity index (χ1n) is 4.72. The Morgan fingerprint density at radius 2 is 1.94 bits per heavy atom. The summed E-state index contributed by atoms with van der Waals surface area (Å²) >= 11 is 3.24. The minimum absolute atomic E-state index is 0.0499. The number of hydrogen-bond acceptors (Lipinski definition) is 4. The zero-order valence-electron chi connectivity index (χ0n) is 8.75. The number of aromatic nitrogens is 1. The van der Waals surface area contributed by atoms with E-state index in [0.717, 1.165) is 4.47 Å². The number of carbonyl (C=O) groups is 2. The van der Waals surface area contributed by atoms with Crippen LogP contribution in [0, 0.1) is 0 Å². The summed E-state index contributed by atoms with van der Waals surface area (Å²) in [5.41, 5.74) is -0.128. The van der Waals surface area contributed by atoms with Crippen LogP contribution in [0.3, 0.4) is 0 Å². The van der Waals surface area contributed by atoms with Gasteiger partial charge in [-0.3, -0.25) is 0 Å². The lowest BCUT2D eigenvalue weighted by Gasteiger charge is -1.95. The standard InChI is InChI=1S/C11H6BrNO5/c12-6-3-1-2-5(4-6)9-13-7(10(14)15)8(18-9)11(16)17/h1-4H,(H,14,15)(H,16,17). The van der Waals surface area contributed by atoms with Crippen LogP contribution >= 0.6 is 15.9 Å². The molecule has 1 aromatic heterocycles. The molecule has 1 heterocycles. The van der Waals surface area contributed by atoms with Crippen molar-refractivity contribution in [3.63, 3.8) is 0 Å². The Hall–Kier alpha value is -2.15. The molecule has 2 rings (SSSR count). The first kappa shape index (κ1) is 12.3. The van der Waals surface area contributed by atoms with Crippen molar-refractivity contribution in [2.45, 2.75) is 0 Å². The molecule has 6 nitrogen and oxygen atoms in total. The molecule has 0 amide bonds. The van der Waals surface area contributed by atoms with Crippen molar-refractivity contribution in [2.75, 3.05) is 0 Å². The van der Waals surface area contributed by atoms with Gasteiger partial charge in [0, 0.05) is 10.0 Å². The molecule has 0 aliphatic rings. The normalized spacial score (nSPS) is 10.3. The van der Waals surface area contributed by atoms with Crippen molar-refractivity contribution < 1.29 is 24.2 Å². The average Bonchev–Trinajstić information content (AvgIpc) is 2.73. The SMILES string of the molecule is O=C(O)c1nc(-c2cccc(Br)c2)oc1C(=O)O. The van der Waals surface area contributed by atoms with Gasteiger partial charge in [0.15, 0.2) is 0 Å². The van der Waals surface area contributed by atoms with Crippen molar-refractivity contribution in [1.29, 1.82) is 0 Å². The summed E-state index contributed by atoms with van der Waals surface area (Å²) in [4.78, 5) is 25.3. The van der Waals surface area contributed by atoms with E-state index in [1.807, 2.05) is 0 Å². The zero-order valence-corrected chi connectivity index (χ0v) is 10.3. The molecule has 7 heteroatoms. The molecule has 0 atom stereocenters. The van der Waals surface area contributed by atoms with Gasteiger partial charge >= 0.3 is 11.9 Å². The molecule has 2 N–H and O–H groups in total. The molecule has 0 aliphatic carbocycles. The second-order valence-electron chi connectivity index (χ2n) is 3.32. The number of nitrogens with zero attached hydrogens (tertiary/aromatic N) is 1. The quantitative estimate of drug-likeness (QED) is 0.903. The number of aromatic carboxylic acids is 2. The number of carboxylic acid groups (broad SMARTS) is 2. The van der Waals surface area contributed by atoms with Crippen LogP contribution in [0.1, 0.15) is 21.0 Å². The fraction of sp³-hybridized carbons (Fsp3) is 0. The number of halogens is 1. The molecule has 92 valence electrons. The number of oxazole rings is 1. The van der Waals surface area contributed by atoms with Crippen LogP contribution < -0.4 is 0 Å². The van der Waals surface area contributed by atoms with Gasteiger partial charge in [-0.25, -0.2) is 14.6 Å². The molecule has 0 saturated heterocycles. The number of hydrogen-bond donors (Lipinski definition) is 2. The third-order valence-electron chi connectivity index (χ3n) is 2.10. The van der Waals surface area contributed by atoms with Crippen LogP contribution in [-0.4, -0.2) is 27.1 Å². The molecule has 0 unspecified atom stereocenters. The highest BCUT2D eigenvalue weighted by Gasteiger charge is 2.25. The van der Waals surface area contributed by atoms with E-state index >= 15 is 0 Å². The van der Waals surface area contributed by atoms with Gasteiger partial charge in [0.2, 0.25) is 17.3 Å². The monoisotopic (exact) mass is 311 g/mol. The van der Waals surface area contributed by atoms with Crippen molar-refractivity contribution in [1.82, 2.24) is 4.98 Å². The Morgan fingerprint density at radius 1 is 1.22 bits per heavy atom. The van der Waals surface area contributed by atoms with Crippen LogP contribution in [0.4, 0.5) is 0 Å². The van der Waals surface area contributed by atoms with Gasteiger partial charge in [0.25, 0.3) is 0 Å². The molecule has 18 heavy (non-hydrogen) atoms. The fourth-order valence-electron chi connectivity index (χ4n) is 1.36. The minimum atomic E-state index is -1.47. The highest BCUT2D eigenvalue weighted by molar-refractivity contribution is 9.10. The number of carboxylic acids is 2. The summed E-state index contributed by atoms with van der Waals surface area (Å²) in [6.45, 7) is 0. The Labute approximate surface area is 109 Å². The van der Waals surface area contributed by atoms with Crippen LogP contribution in [0.25, 0.3) is 11.5 Å². The Morgan fingerprint density at radius 3 is 2.44 bits per heavy atom. The maximum absolute atomic E-state index is 10.8. The zero-order chi connectivity index (χ0) is 13.3. The topological polar surface area (TPSA) is 101 Å². The fourth-order valence-corrected chi connectivity index (χ4v) is 1.75. The van der Waals surface area contributed by atoms with E-state index in [4.69, 9.17) is 14.6 Å². The highest BCUT2D eigenvalue weighted by Crippen LogP contribution is 2.24. The van der Waals surface area contributed by atoms with Gasteiger partial charge in [0.1, 0.15) is 0 Å². The van der Waals surface area contributed by atoms with Gasteiger partial charge < -0.3 is 14.6 Å². The smallest absolute Gasteiger partial charge is 0.374 e. The predicted molar refractivity (Wildman–Crippen MR) is 63.6 cm³/mol. The van der Waals surface area contributed by atoms with Crippen LogP contribution in [-0.2, 0) is 0 Å². The largest absolute Gasteiger partial charge is 0.476 e. The summed E-state index contributed by atoms with van der Waals surface area (Å²) in [6.07, 6.45) is 0. The van der Waals surface area contributed by atoms with Crippen LogP contribution in [0.15, 0.2) is 33.2 Å². The Balaban J connectivity index is 2.57. The molecule has 0 bridgehead atoms. The van der Waals surface area contributed by atoms with Gasteiger partial charge in [-0.05, 0) is 18.2 Å². The molecule has 2 aromatic rings. The first-order valence-corrected chi connectivity index (χ1v) is 5.51. The van der Waals surface area contributed by atoms with Gasteiger partial charge in [-0.2, -0.15) is 0 Å². The summed E-state index contributed by atoms with van der Waals surface area (Å²) in [7, 11) is 0. The number of rotatable bonds is 3. The van der Waals surface area contributed by atoms with Crippen LogP contribution in [0.2, 0.25) is 0 Å². The summed E-state index contributed by atoms with van der Waals surface area (Å²) in [5.74, 6) is -3.65.